The van der Waals surface area contributed by atoms with Crippen molar-refractivity contribution in [1.29, 1.82) is 0 Å². The van der Waals surface area contributed by atoms with Crippen LogP contribution in [0.3, 0.4) is 0 Å². The highest BCUT2D eigenvalue weighted by molar-refractivity contribution is 7.14. The van der Waals surface area contributed by atoms with Gasteiger partial charge in [-0.05, 0) is 24.7 Å². The molecule has 132 valence electrons. The highest BCUT2D eigenvalue weighted by atomic mass is 35.5. The maximum atomic E-state index is 12.5. The number of nitrogens with one attached hydrogen (secondary N) is 1. The smallest absolute Gasteiger partial charge is 0.273 e. The summed E-state index contributed by atoms with van der Waals surface area (Å²) in [4.78, 5) is 33.1. The number of benzene rings is 1. The van der Waals surface area contributed by atoms with Crippen molar-refractivity contribution in [1.82, 2.24) is 14.8 Å². The number of aromatic nitrogens is 1. The topological polar surface area (TPSA) is 65.5 Å². The average Bonchev–Trinajstić information content (AvgIpc) is 3.09. The summed E-state index contributed by atoms with van der Waals surface area (Å²) in [6.07, 6.45) is 0. The molecule has 8 heteroatoms. The molecule has 0 spiro atoms. The average molecular weight is 379 g/mol. The van der Waals surface area contributed by atoms with Crippen molar-refractivity contribution in [3.63, 3.8) is 0 Å². The number of amides is 2. The SMILES string of the molecule is CCN1CCN(C(=O)c2csc(NC(=O)c3cccc(Cl)c3)n2)CC1. The zero-order valence-electron chi connectivity index (χ0n) is 13.9. The first kappa shape index (κ1) is 17.8. The van der Waals surface area contributed by atoms with Crippen molar-refractivity contribution in [2.45, 2.75) is 6.92 Å². The molecule has 3 rings (SSSR count). The van der Waals surface area contributed by atoms with Crippen LogP contribution in [0.15, 0.2) is 29.6 Å². The highest BCUT2D eigenvalue weighted by Gasteiger charge is 2.23. The number of likely N-dealkylation sites (N-methyl/N-ethyl adjacent to an activating group) is 1. The molecule has 6 nitrogen and oxygen atoms in total. The number of nitrogens with zero attached hydrogens (tertiary/aromatic N) is 3. The molecule has 1 aromatic heterocycles. The molecule has 1 N–H and O–H groups in total. The third kappa shape index (κ3) is 4.36. The molecule has 2 heterocycles. The number of thiazole rings is 1. The molecule has 2 aromatic rings. The largest absolute Gasteiger partial charge is 0.335 e. The van der Waals surface area contributed by atoms with Gasteiger partial charge in [0, 0.05) is 42.1 Å². The van der Waals surface area contributed by atoms with Crippen LogP contribution in [0.2, 0.25) is 5.02 Å². The van der Waals surface area contributed by atoms with E-state index in [1.807, 2.05) is 4.90 Å². The quantitative estimate of drug-likeness (QED) is 0.888. The molecule has 0 bridgehead atoms. The van der Waals surface area contributed by atoms with Gasteiger partial charge >= 0.3 is 0 Å². The molecule has 1 aliphatic heterocycles. The lowest BCUT2D eigenvalue weighted by Crippen LogP contribution is -2.48. The number of anilines is 1. The van der Waals surface area contributed by atoms with Crippen molar-refractivity contribution in [3.8, 4) is 0 Å². The van der Waals surface area contributed by atoms with Crippen LogP contribution in [0.1, 0.15) is 27.8 Å². The monoisotopic (exact) mass is 378 g/mol. The van der Waals surface area contributed by atoms with Crippen molar-refractivity contribution in [2.24, 2.45) is 0 Å². The van der Waals surface area contributed by atoms with Crippen LogP contribution in [0.4, 0.5) is 5.13 Å². The van der Waals surface area contributed by atoms with Crippen molar-refractivity contribution in [2.75, 3.05) is 38.0 Å². The first-order chi connectivity index (χ1) is 12.1. The lowest BCUT2D eigenvalue weighted by molar-refractivity contribution is 0.0638. The van der Waals surface area contributed by atoms with Crippen LogP contribution in [0, 0.1) is 0 Å². The normalized spacial score (nSPS) is 15.2. The molecule has 25 heavy (non-hydrogen) atoms. The summed E-state index contributed by atoms with van der Waals surface area (Å²) in [6, 6.07) is 6.68. The third-order valence-electron chi connectivity index (χ3n) is 4.14. The Morgan fingerprint density at radius 3 is 2.72 bits per heavy atom. The third-order valence-corrected chi connectivity index (χ3v) is 5.13. The minimum Gasteiger partial charge on any atom is -0.335 e. The Kier molecular flexibility index (Phi) is 5.67. The first-order valence-electron chi connectivity index (χ1n) is 8.11. The Labute approximate surface area is 155 Å². The number of piperazine rings is 1. The molecular weight excluding hydrogens is 360 g/mol. The number of halogens is 1. The second-order valence-electron chi connectivity index (χ2n) is 5.73. The van der Waals surface area contributed by atoms with E-state index in [2.05, 4.69) is 22.1 Å². The molecule has 2 amide bonds. The Bertz CT molecular complexity index is 772. The Morgan fingerprint density at radius 2 is 2.04 bits per heavy atom. The lowest BCUT2D eigenvalue weighted by Gasteiger charge is -2.33. The maximum absolute atomic E-state index is 12.5. The van der Waals surface area contributed by atoms with Crippen molar-refractivity contribution >= 4 is 39.9 Å². The molecule has 0 atom stereocenters. The summed E-state index contributed by atoms with van der Waals surface area (Å²) in [7, 11) is 0. The number of hydrogen-bond acceptors (Lipinski definition) is 5. The Balaban J connectivity index is 1.62. The summed E-state index contributed by atoms with van der Waals surface area (Å²) >= 11 is 7.14. The van der Waals surface area contributed by atoms with Crippen molar-refractivity contribution in [3.05, 3.63) is 45.9 Å². The zero-order valence-corrected chi connectivity index (χ0v) is 15.4. The van der Waals surface area contributed by atoms with Crippen molar-refractivity contribution < 1.29 is 9.59 Å². The van der Waals surface area contributed by atoms with Gasteiger partial charge in [-0.3, -0.25) is 14.9 Å². The van der Waals surface area contributed by atoms with E-state index >= 15 is 0 Å². The lowest BCUT2D eigenvalue weighted by atomic mass is 10.2. The van der Waals surface area contributed by atoms with Crippen LogP contribution in [-0.4, -0.2) is 59.3 Å². The summed E-state index contributed by atoms with van der Waals surface area (Å²) in [5, 5.41) is 5.29. The van der Waals surface area contributed by atoms with Gasteiger partial charge in [0.05, 0.1) is 0 Å². The van der Waals surface area contributed by atoms with Gasteiger partial charge < -0.3 is 9.80 Å². The summed E-state index contributed by atoms with van der Waals surface area (Å²) in [5.41, 5.74) is 0.822. The molecular formula is C17H19ClN4O2S. The zero-order chi connectivity index (χ0) is 17.8. The second kappa shape index (κ2) is 7.95. The fourth-order valence-electron chi connectivity index (χ4n) is 2.66. The molecule has 0 saturated carbocycles. The van der Waals surface area contributed by atoms with Crippen LogP contribution >= 0.6 is 22.9 Å². The van der Waals surface area contributed by atoms with E-state index in [-0.39, 0.29) is 11.8 Å². The molecule has 1 aromatic carbocycles. The maximum Gasteiger partial charge on any atom is 0.273 e. The van der Waals surface area contributed by atoms with Crippen LogP contribution < -0.4 is 5.32 Å². The van der Waals surface area contributed by atoms with E-state index in [4.69, 9.17) is 11.6 Å². The molecule has 0 unspecified atom stereocenters. The van der Waals surface area contributed by atoms with E-state index in [9.17, 15) is 9.59 Å². The van der Waals surface area contributed by atoms with Gasteiger partial charge in [0.15, 0.2) is 5.13 Å². The highest BCUT2D eigenvalue weighted by Crippen LogP contribution is 2.19. The molecule has 0 aliphatic carbocycles. The minimum absolute atomic E-state index is 0.0877. The summed E-state index contributed by atoms with van der Waals surface area (Å²) in [5.74, 6) is -0.386. The first-order valence-corrected chi connectivity index (χ1v) is 9.36. The number of carbonyl (C=O) groups excluding carboxylic acids is 2. The molecule has 1 saturated heterocycles. The number of carbonyl (C=O) groups is 2. The molecule has 1 fully saturated rings. The minimum atomic E-state index is -0.299. The number of rotatable bonds is 4. The van der Waals surface area contributed by atoms with E-state index in [0.717, 1.165) is 19.6 Å². The van der Waals surface area contributed by atoms with Crippen LogP contribution in [0.5, 0.6) is 0 Å². The second-order valence-corrected chi connectivity index (χ2v) is 7.02. The predicted octanol–water partition coefficient (Wildman–Crippen LogP) is 2.83. The number of hydrogen-bond donors (Lipinski definition) is 1. The van der Waals surface area contributed by atoms with Gasteiger partial charge in [0.25, 0.3) is 11.8 Å². The van der Waals surface area contributed by atoms with Gasteiger partial charge in [-0.1, -0.05) is 24.6 Å². The van der Waals surface area contributed by atoms with Crippen LogP contribution in [-0.2, 0) is 0 Å². The van der Waals surface area contributed by atoms with Gasteiger partial charge in [-0.25, -0.2) is 4.98 Å². The van der Waals surface area contributed by atoms with E-state index in [0.29, 0.717) is 34.5 Å². The van der Waals surface area contributed by atoms with Gasteiger partial charge in [-0.2, -0.15) is 0 Å². The Morgan fingerprint density at radius 1 is 1.28 bits per heavy atom. The summed E-state index contributed by atoms with van der Waals surface area (Å²) < 4.78 is 0. The van der Waals surface area contributed by atoms with Gasteiger partial charge in [-0.15, -0.1) is 11.3 Å². The van der Waals surface area contributed by atoms with E-state index in [1.165, 1.54) is 11.3 Å². The van der Waals surface area contributed by atoms with Gasteiger partial charge in [0.2, 0.25) is 0 Å². The molecule has 1 aliphatic rings. The fourth-order valence-corrected chi connectivity index (χ4v) is 3.53. The fraction of sp³-hybridized carbons (Fsp3) is 0.353. The van der Waals surface area contributed by atoms with E-state index < -0.39 is 0 Å². The van der Waals surface area contributed by atoms with E-state index in [1.54, 1.807) is 29.6 Å². The van der Waals surface area contributed by atoms with Gasteiger partial charge in [0.1, 0.15) is 5.69 Å². The summed E-state index contributed by atoms with van der Waals surface area (Å²) in [6.45, 7) is 6.28. The van der Waals surface area contributed by atoms with Crippen LogP contribution in [0.25, 0.3) is 0 Å². The standard InChI is InChI=1S/C17H19ClN4O2S/c1-2-21-6-8-22(9-7-21)16(24)14-11-25-17(19-14)20-15(23)12-4-3-5-13(18)10-12/h3-5,10-11H,2,6-9H2,1H3,(H,19,20,23). The molecule has 0 radical (unpaired) electrons. The Hall–Kier alpha value is -1.96. The predicted molar refractivity (Wildman–Crippen MR) is 99.5 cm³/mol.